The number of benzene rings is 1. The third-order valence-electron chi connectivity index (χ3n) is 4.65. The van der Waals surface area contributed by atoms with Crippen LogP contribution in [0.2, 0.25) is 0 Å². The SMILES string of the molecule is CCC(NC(=O)C[C@@H]1CCC[C@H]1N)c1nc2ccccc2[nH]1. The molecule has 0 radical (unpaired) electrons. The Morgan fingerprint density at radius 1 is 1.45 bits per heavy atom. The van der Waals surface area contributed by atoms with Crippen molar-refractivity contribution in [2.24, 2.45) is 11.7 Å². The minimum Gasteiger partial charge on any atom is -0.346 e. The standard InChI is InChI=1S/C17H24N4O/c1-2-13(17-20-14-8-3-4-9-15(14)21-17)19-16(22)10-11-6-5-7-12(11)18/h3-4,8-9,11-13H,2,5-7,10,18H2,1H3,(H,19,22)(H,20,21)/t11-,12+,13?/m0/s1. The number of carbonyl (C=O) groups excluding carboxylic acids is 1. The van der Waals surface area contributed by atoms with E-state index in [1.165, 1.54) is 0 Å². The minimum absolute atomic E-state index is 0.0717. The van der Waals surface area contributed by atoms with Crippen LogP contribution in [0.5, 0.6) is 0 Å². The van der Waals surface area contributed by atoms with E-state index >= 15 is 0 Å². The lowest BCUT2D eigenvalue weighted by Gasteiger charge is -2.18. The number of nitrogens with zero attached hydrogens (tertiary/aromatic N) is 1. The van der Waals surface area contributed by atoms with Crippen LogP contribution >= 0.6 is 0 Å². The predicted molar refractivity (Wildman–Crippen MR) is 87.2 cm³/mol. The minimum atomic E-state index is -0.0717. The molecule has 1 aliphatic carbocycles. The maximum Gasteiger partial charge on any atom is 0.220 e. The summed E-state index contributed by atoms with van der Waals surface area (Å²) in [7, 11) is 0. The number of imidazole rings is 1. The first kappa shape index (κ1) is 15.0. The van der Waals surface area contributed by atoms with E-state index in [9.17, 15) is 4.79 Å². The molecule has 5 nitrogen and oxygen atoms in total. The molecule has 1 unspecified atom stereocenters. The Morgan fingerprint density at radius 2 is 2.27 bits per heavy atom. The van der Waals surface area contributed by atoms with Crippen molar-refractivity contribution >= 4 is 16.9 Å². The van der Waals surface area contributed by atoms with Crippen LogP contribution in [0, 0.1) is 5.92 Å². The number of hydrogen-bond acceptors (Lipinski definition) is 3. The summed E-state index contributed by atoms with van der Waals surface area (Å²) in [6.45, 7) is 2.05. The average molecular weight is 300 g/mol. The Labute approximate surface area is 130 Å². The molecule has 3 rings (SSSR count). The van der Waals surface area contributed by atoms with Crippen molar-refractivity contribution in [2.45, 2.75) is 51.1 Å². The molecular weight excluding hydrogens is 276 g/mol. The normalized spacial score (nSPS) is 22.8. The van der Waals surface area contributed by atoms with Crippen LogP contribution in [0.15, 0.2) is 24.3 Å². The number of aromatic nitrogens is 2. The van der Waals surface area contributed by atoms with Gasteiger partial charge in [-0.05, 0) is 37.3 Å². The van der Waals surface area contributed by atoms with Gasteiger partial charge in [0.1, 0.15) is 5.82 Å². The number of para-hydroxylation sites is 2. The second-order valence-corrected chi connectivity index (χ2v) is 6.23. The van der Waals surface area contributed by atoms with Crippen molar-refractivity contribution in [3.8, 4) is 0 Å². The molecule has 0 spiro atoms. The van der Waals surface area contributed by atoms with Gasteiger partial charge in [0, 0.05) is 12.5 Å². The van der Waals surface area contributed by atoms with Gasteiger partial charge >= 0.3 is 0 Å². The summed E-state index contributed by atoms with van der Waals surface area (Å²) < 4.78 is 0. The largest absolute Gasteiger partial charge is 0.346 e. The number of nitrogens with two attached hydrogens (primary N) is 1. The molecular formula is C17H24N4O. The molecule has 22 heavy (non-hydrogen) atoms. The lowest BCUT2D eigenvalue weighted by Crippen LogP contribution is -2.33. The van der Waals surface area contributed by atoms with Gasteiger partial charge in [-0.2, -0.15) is 0 Å². The van der Waals surface area contributed by atoms with Crippen LogP contribution in [0.3, 0.4) is 0 Å². The maximum atomic E-state index is 12.3. The van der Waals surface area contributed by atoms with Gasteiger partial charge in [0.15, 0.2) is 0 Å². The highest BCUT2D eigenvalue weighted by Gasteiger charge is 2.27. The molecule has 0 saturated heterocycles. The Bertz CT molecular complexity index is 618. The summed E-state index contributed by atoms with van der Waals surface area (Å²) in [5.41, 5.74) is 7.99. The van der Waals surface area contributed by atoms with Gasteiger partial charge in [-0.1, -0.05) is 25.5 Å². The van der Waals surface area contributed by atoms with E-state index in [2.05, 4.69) is 22.2 Å². The van der Waals surface area contributed by atoms with Crippen molar-refractivity contribution < 1.29 is 4.79 Å². The topological polar surface area (TPSA) is 83.8 Å². The number of carbonyl (C=O) groups is 1. The molecule has 1 saturated carbocycles. The highest BCUT2D eigenvalue weighted by Crippen LogP contribution is 2.27. The van der Waals surface area contributed by atoms with E-state index in [0.717, 1.165) is 42.5 Å². The molecule has 118 valence electrons. The van der Waals surface area contributed by atoms with Crippen LogP contribution < -0.4 is 11.1 Å². The first-order chi connectivity index (χ1) is 10.7. The molecule has 1 aromatic heterocycles. The van der Waals surface area contributed by atoms with E-state index in [-0.39, 0.29) is 18.0 Å². The number of hydrogen-bond donors (Lipinski definition) is 3. The summed E-state index contributed by atoms with van der Waals surface area (Å²) in [5.74, 6) is 1.23. The fourth-order valence-corrected chi connectivity index (χ4v) is 3.31. The van der Waals surface area contributed by atoms with Gasteiger partial charge in [-0.25, -0.2) is 4.98 Å². The van der Waals surface area contributed by atoms with E-state index in [0.29, 0.717) is 12.3 Å². The number of rotatable bonds is 5. The van der Waals surface area contributed by atoms with Gasteiger partial charge in [0.25, 0.3) is 0 Å². The van der Waals surface area contributed by atoms with Crippen LogP contribution in [-0.4, -0.2) is 21.9 Å². The third kappa shape index (κ3) is 3.14. The van der Waals surface area contributed by atoms with Crippen molar-refractivity contribution in [3.63, 3.8) is 0 Å². The number of fused-ring (bicyclic) bond motifs is 1. The van der Waals surface area contributed by atoms with E-state index in [1.54, 1.807) is 0 Å². The first-order valence-corrected chi connectivity index (χ1v) is 8.17. The second kappa shape index (κ2) is 6.48. The highest BCUT2D eigenvalue weighted by atomic mass is 16.1. The Balaban J connectivity index is 1.67. The van der Waals surface area contributed by atoms with Gasteiger partial charge in [0.2, 0.25) is 5.91 Å². The van der Waals surface area contributed by atoms with Gasteiger partial charge < -0.3 is 16.0 Å². The molecule has 5 heteroatoms. The maximum absolute atomic E-state index is 12.3. The fourth-order valence-electron chi connectivity index (χ4n) is 3.31. The highest BCUT2D eigenvalue weighted by molar-refractivity contribution is 5.77. The molecule has 1 aliphatic rings. The van der Waals surface area contributed by atoms with Crippen LogP contribution in [0.25, 0.3) is 11.0 Å². The van der Waals surface area contributed by atoms with Crippen LogP contribution in [0.4, 0.5) is 0 Å². The predicted octanol–water partition coefficient (Wildman–Crippen LogP) is 2.65. The molecule has 4 N–H and O–H groups in total. The van der Waals surface area contributed by atoms with Crippen molar-refractivity contribution in [1.82, 2.24) is 15.3 Å². The first-order valence-electron chi connectivity index (χ1n) is 8.17. The van der Waals surface area contributed by atoms with E-state index < -0.39 is 0 Å². The van der Waals surface area contributed by atoms with Crippen molar-refractivity contribution in [1.29, 1.82) is 0 Å². The van der Waals surface area contributed by atoms with Crippen LogP contribution in [0.1, 0.15) is 50.9 Å². The summed E-state index contributed by atoms with van der Waals surface area (Å²) >= 11 is 0. The van der Waals surface area contributed by atoms with Crippen LogP contribution in [-0.2, 0) is 4.79 Å². The summed E-state index contributed by atoms with van der Waals surface area (Å²) in [4.78, 5) is 20.2. The van der Waals surface area contributed by atoms with Gasteiger partial charge in [-0.3, -0.25) is 4.79 Å². The fraction of sp³-hybridized carbons (Fsp3) is 0.529. The van der Waals surface area contributed by atoms with Crippen molar-refractivity contribution in [2.75, 3.05) is 0 Å². The Morgan fingerprint density at radius 3 is 2.95 bits per heavy atom. The number of amides is 1. The molecule has 3 atom stereocenters. The molecule has 1 aromatic carbocycles. The van der Waals surface area contributed by atoms with E-state index in [4.69, 9.17) is 5.73 Å². The summed E-state index contributed by atoms with van der Waals surface area (Å²) in [6, 6.07) is 8.02. The van der Waals surface area contributed by atoms with E-state index in [1.807, 2.05) is 24.3 Å². The lowest BCUT2D eigenvalue weighted by atomic mass is 9.99. The number of aromatic amines is 1. The Kier molecular flexibility index (Phi) is 4.43. The quantitative estimate of drug-likeness (QED) is 0.793. The molecule has 2 aromatic rings. The zero-order valence-electron chi connectivity index (χ0n) is 13.0. The molecule has 1 fully saturated rings. The smallest absolute Gasteiger partial charge is 0.220 e. The van der Waals surface area contributed by atoms with Gasteiger partial charge in [0.05, 0.1) is 17.1 Å². The number of nitrogens with one attached hydrogen (secondary N) is 2. The summed E-state index contributed by atoms with van der Waals surface area (Å²) in [6.07, 6.45) is 4.58. The Hall–Kier alpha value is -1.88. The monoisotopic (exact) mass is 300 g/mol. The zero-order valence-corrected chi connectivity index (χ0v) is 13.0. The molecule has 0 bridgehead atoms. The zero-order chi connectivity index (χ0) is 15.5. The molecule has 0 aliphatic heterocycles. The average Bonchev–Trinajstić information content (AvgIpc) is 3.11. The third-order valence-corrected chi connectivity index (χ3v) is 4.65. The molecule has 1 amide bonds. The second-order valence-electron chi connectivity index (χ2n) is 6.23. The van der Waals surface area contributed by atoms with Gasteiger partial charge in [-0.15, -0.1) is 0 Å². The molecule has 1 heterocycles. The lowest BCUT2D eigenvalue weighted by molar-refractivity contribution is -0.122. The number of H-pyrrole nitrogens is 1. The summed E-state index contributed by atoms with van der Waals surface area (Å²) in [5, 5.41) is 3.10. The van der Waals surface area contributed by atoms with Crippen molar-refractivity contribution in [3.05, 3.63) is 30.1 Å².